The van der Waals surface area contributed by atoms with Crippen LogP contribution in [0.4, 0.5) is 23.0 Å². The maximum Gasteiger partial charge on any atom is 0.228 e. The number of imidazole rings is 2. The molecule has 4 aliphatic rings. The monoisotopic (exact) mass is 972 g/mol. The van der Waals surface area contributed by atoms with Crippen LogP contribution in [0.3, 0.4) is 0 Å². The van der Waals surface area contributed by atoms with Crippen molar-refractivity contribution in [1.29, 1.82) is 0 Å². The van der Waals surface area contributed by atoms with Crippen LogP contribution in [0.2, 0.25) is 0 Å². The Hall–Kier alpha value is -9.12. The van der Waals surface area contributed by atoms with Crippen molar-refractivity contribution in [3.05, 3.63) is 168 Å². The maximum atomic E-state index is 12.5. The first-order valence-electron chi connectivity index (χ1n) is 24.9. The number of aromatic nitrogens is 8. The van der Waals surface area contributed by atoms with Gasteiger partial charge in [0, 0.05) is 63.4 Å². The van der Waals surface area contributed by atoms with E-state index in [2.05, 4.69) is 74.0 Å². The molecule has 16 nitrogen and oxygen atoms in total. The Labute approximate surface area is 424 Å². The molecule has 16 heteroatoms. The Bertz CT molecular complexity index is 3960. The predicted octanol–water partition coefficient (Wildman–Crippen LogP) is 8.95. The molecule has 0 spiro atoms. The summed E-state index contributed by atoms with van der Waals surface area (Å²) in [6.45, 7) is 0. The van der Waals surface area contributed by atoms with Crippen molar-refractivity contribution in [2.75, 3.05) is 21.7 Å². The highest BCUT2D eigenvalue weighted by molar-refractivity contribution is 6.02. The SMILES string of the molecule is Nc1ncccc1-c1nc2ccc(-c3ccc4c(c3)CC(=O)N4)nc2n1-c1ccc(C2(N)CC(Nc3ncccc3-c3nc4ccc(-c5cccc6c5CC(=O)N6)nc4n3-c3ccc(C4(N)CCC4)cc3)C2)cc1. The highest BCUT2D eigenvalue weighted by atomic mass is 16.2. The number of nitrogen functional groups attached to an aromatic ring is 1. The second-order valence-corrected chi connectivity index (χ2v) is 20.1. The number of nitrogens with one attached hydrogen (secondary N) is 3. The zero-order valence-electron chi connectivity index (χ0n) is 40.0. The number of hydrogen-bond donors (Lipinski definition) is 6. The lowest BCUT2D eigenvalue weighted by Crippen LogP contribution is -2.54. The molecule has 362 valence electrons. The van der Waals surface area contributed by atoms with Gasteiger partial charge in [0.2, 0.25) is 11.8 Å². The van der Waals surface area contributed by atoms with Crippen molar-refractivity contribution >= 4 is 57.2 Å². The molecule has 74 heavy (non-hydrogen) atoms. The van der Waals surface area contributed by atoms with E-state index in [-0.39, 0.29) is 23.4 Å². The predicted molar refractivity (Wildman–Crippen MR) is 286 cm³/mol. The van der Waals surface area contributed by atoms with Crippen molar-refractivity contribution in [2.45, 2.75) is 62.1 Å². The molecule has 0 saturated heterocycles. The van der Waals surface area contributed by atoms with Crippen LogP contribution in [-0.2, 0) is 33.5 Å². The zero-order chi connectivity index (χ0) is 49.9. The number of nitrogens with two attached hydrogens (primary N) is 3. The van der Waals surface area contributed by atoms with E-state index in [1.165, 1.54) is 0 Å². The Morgan fingerprint density at radius 3 is 1.88 bits per heavy atom. The molecule has 10 aromatic rings. The number of carbonyl (C=O) groups is 2. The first-order chi connectivity index (χ1) is 36.0. The molecule has 8 heterocycles. The molecule has 2 amide bonds. The maximum absolute atomic E-state index is 12.5. The lowest BCUT2D eigenvalue weighted by atomic mass is 9.69. The molecule has 2 saturated carbocycles. The summed E-state index contributed by atoms with van der Waals surface area (Å²) in [5, 5.41) is 9.64. The second kappa shape index (κ2) is 16.5. The van der Waals surface area contributed by atoms with Crippen LogP contribution >= 0.6 is 0 Å². The summed E-state index contributed by atoms with van der Waals surface area (Å²) in [6.07, 6.45) is 8.44. The van der Waals surface area contributed by atoms with Gasteiger partial charge in [-0.15, -0.1) is 0 Å². The Morgan fingerprint density at radius 1 is 0.581 bits per heavy atom. The fourth-order valence-electron chi connectivity index (χ4n) is 11.3. The van der Waals surface area contributed by atoms with Crippen LogP contribution in [0.1, 0.15) is 54.4 Å². The number of anilines is 4. The van der Waals surface area contributed by atoms with Crippen molar-refractivity contribution in [3.8, 4) is 56.7 Å². The minimum Gasteiger partial charge on any atom is -0.383 e. The lowest BCUT2D eigenvalue weighted by molar-refractivity contribution is -0.115. The number of hydrogen-bond acceptors (Lipinski definition) is 12. The van der Waals surface area contributed by atoms with Crippen LogP contribution in [0.25, 0.3) is 79.0 Å². The van der Waals surface area contributed by atoms with Gasteiger partial charge >= 0.3 is 0 Å². The zero-order valence-corrected chi connectivity index (χ0v) is 40.0. The van der Waals surface area contributed by atoms with E-state index in [4.69, 9.17) is 42.1 Å². The number of pyridine rings is 4. The number of fused-ring (bicyclic) bond motifs is 4. The van der Waals surface area contributed by atoms with Gasteiger partial charge in [-0.05, 0) is 145 Å². The average molecular weight is 973 g/mol. The number of carbonyl (C=O) groups excluding carboxylic acids is 2. The molecular formula is C58H48N14O2. The molecule has 0 radical (unpaired) electrons. The van der Waals surface area contributed by atoms with E-state index < -0.39 is 5.54 Å². The van der Waals surface area contributed by atoms with Crippen molar-refractivity contribution < 1.29 is 9.59 Å². The van der Waals surface area contributed by atoms with Gasteiger partial charge in [-0.2, -0.15) is 0 Å². The summed E-state index contributed by atoms with van der Waals surface area (Å²) in [6, 6.07) is 44.2. The third kappa shape index (κ3) is 7.12. The van der Waals surface area contributed by atoms with Crippen LogP contribution in [-0.4, -0.2) is 56.9 Å². The van der Waals surface area contributed by atoms with Gasteiger partial charge in [-0.3, -0.25) is 18.7 Å². The molecule has 2 fully saturated rings. The molecule has 2 aliphatic carbocycles. The summed E-state index contributed by atoms with van der Waals surface area (Å²) in [5.41, 5.74) is 34.5. The molecule has 0 atom stereocenters. The minimum atomic E-state index is -0.609. The lowest BCUT2D eigenvalue weighted by Gasteiger charge is -2.46. The quantitative estimate of drug-likeness (QED) is 0.0754. The van der Waals surface area contributed by atoms with Gasteiger partial charge in [-0.25, -0.2) is 29.9 Å². The van der Waals surface area contributed by atoms with E-state index in [9.17, 15) is 9.59 Å². The van der Waals surface area contributed by atoms with Crippen LogP contribution in [0.15, 0.2) is 146 Å². The largest absolute Gasteiger partial charge is 0.383 e. The van der Waals surface area contributed by atoms with E-state index in [1.807, 2.05) is 89.5 Å². The molecular weight excluding hydrogens is 925 g/mol. The summed E-state index contributed by atoms with van der Waals surface area (Å²) >= 11 is 0. The Morgan fingerprint density at radius 2 is 1.19 bits per heavy atom. The van der Waals surface area contributed by atoms with Gasteiger partial charge in [0.1, 0.15) is 22.7 Å². The Balaban J connectivity index is 0.775. The Kier molecular flexibility index (Phi) is 9.71. The average Bonchev–Trinajstić information content (AvgIpc) is 4.18. The van der Waals surface area contributed by atoms with Gasteiger partial charge in [-0.1, -0.05) is 42.5 Å². The fraction of sp³-hybridized carbons (Fsp3) is 0.172. The molecule has 4 aromatic carbocycles. The number of amides is 2. The van der Waals surface area contributed by atoms with Gasteiger partial charge in [0.15, 0.2) is 22.9 Å². The van der Waals surface area contributed by atoms with Crippen LogP contribution in [0.5, 0.6) is 0 Å². The van der Waals surface area contributed by atoms with E-state index in [0.29, 0.717) is 71.3 Å². The van der Waals surface area contributed by atoms with Crippen molar-refractivity contribution in [2.24, 2.45) is 11.5 Å². The number of benzene rings is 4. The summed E-state index contributed by atoms with van der Waals surface area (Å²) < 4.78 is 4.11. The normalized spacial score (nSPS) is 18.4. The molecule has 0 unspecified atom stereocenters. The summed E-state index contributed by atoms with van der Waals surface area (Å²) in [5.74, 6) is 2.30. The van der Waals surface area contributed by atoms with E-state index >= 15 is 0 Å². The second-order valence-electron chi connectivity index (χ2n) is 20.1. The number of nitrogens with zero attached hydrogens (tertiary/aromatic N) is 8. The van der Waals surface area contributed by atoms with Gasteiger partial charge in [0.25, 0.3) is 0 Å². The van der Waals surface area contributed by atoms with E-state index in [0.717, 1.165) is 97.9 Å². The first kappa shape index (κ1) is 43.7. The fourth-order valence-corrected chi connectivity index (χ4v) is 11.3. The van der Waals surface area contributed by atoms with E-state index in [1.54, 1.807) is 12.4 Å². The topological polar surface area (TPSA) is 235 Å². The van der Waals surface area contributed by atoms with Gasteiger partial charge < -0.3 is 33.2 Å². The molecule has 14 rings (SSSR count). The third-order valence-corrected chi connectivity index (χ3v) is 15.4. The molecule has 0 bridgehead atoms. The number of rotatable bonds is 10. The highest BCUT2D eigenvalue weighted by Crippen LogP contribution is 2.44. The summed E-state index contributed by atoms with van der Waals surface area (Å²) in [7, 11) is 0. The summed E-state index contributed by atoms with van der Waals surface area (Å²) in [4.78, 5) is 54.7. The van der Waals surface area contributed by atoms with Crippen LogP contribution in [0, 0.1) is 0 Å². The molecule has 6 aromatic heterocycles. The van der Waals surface area contributed by atoms with Crippen LogP contribution < -0.4 is 33.2 Å². The highest BCUT2D eigenvalue weighted by Gasteiger charge is 2.43. The smallest absolute Gasteiger partial charge is 0.228 e. The minimum absolute atomic E-state index is 0.0170. The van der Waals surface area contributed by atoms with Crippen molar-refractivity contribution in [1.82, 2.24) is 39.0 Å². The molecule has 2 aliphatic heterocycles. The standard InChI is InChI=1S/C58H48N14O2/c59-51-40(6-2-25-62-51)53-69-47-21-19-43(32-9-18-44-33(27-32)28-49(73)65-44)67-55(47)71(53)37-16-12-35(13-17-37)58(61)30-36(31-58)64-52-41(7-3-26-63-52)54-70-48-22-20-46(39-5-1-8-45-42(39)29-50(74)66-45)68-56(48)72(54)38-14-10-34(11-15-38)57(60)23-4-24-57/h1-3,5-22,25-27,36H,4,23-24,28-31,60-61H2,(H2,59,62)(H,63,64)(H,65,73)(H,66,74). The third-order valence-electron chi connectivity index (χ3n) is 15.4. The molecule has 9 N–H and O–H groups in total. The first-order valence-corrected chi connectivity index (χ1v) is 24.9. The van der Waals surface area contributed by atoms with Crippen molar-refractivity contribution in [3.63, 3.8) is 0 Å². The van der Waals surface area contributed by atoms with Gasteiger partial charge in [0.05, 0.1) is 35.4 Å².